The Morgan fingerprint density at radius 2 is 1.56 bits per heavy atom. The molecule has 0 unspecified atom stereocenters. The van der Waals surface area contributed by atoms with Crippen LogP contribution in [0, 0.1) is 0 Å². The normalized spacial score (nSPS) is 10.3. The summed E-state index contributed by atoms with van der Waals surface area (Å²) in [6, 6.07) is 24.5. The molecule has 3 aromatic rings. The lowest BCUT2D eigenvalue weighted by Gasteiger charge is -2.14. The third-order valence-corrected chi connectivity index (χ3v) is 4.00. The number of carbonyl (C=O) groups is 1. The van der Waals surface area contributed by atoms with Crippen LogP contribution in [0.4, 0.5) is 5.69 Å². The van der Waals surface area contributed by atoms with Crippen LogP contribution in [0.15, 0.2) is 78.9 Å². The maximum absolute atomic E-state index is 12.9. The molecule has 0 spiro atoms. The molecule has 138 valence electrons. The molecule has 1 amide bonds. The molecule has 0 aromatic heterocycles. The van der Waals surface area contributed by atoms with Crippen molar-refractivity contribution in [2.45, 2.75) is 20.0 Å². The third kappa shape index (κ3) is 5.11. The van der Waals surface area contributed by atoms with E-state index in [4.69, 9.17) is 9.47 Å². The van der Waals surface area contributed by atoms with Crippen molar-refractivity contribution in [2.75, 3.05) is 11.9 Å². The van der Waals surface area contributed by atoms with Crippen molar-refractivity contribution >= 4 is 11.6 Å². The van der Waals surface area contributed by atoms with Crippen LogP contribution in [0.3, 0.4) is 0 Å². The van der Waals surface area contributed by atoms with Crippen molar-refractivity contribution < 1.29 is 14.3 Å². The molecule has 4 nitrogen and oxygen atoms in total. The first-order chi connectivity index (χ1) is 13.3. The third-order valence-electron chi connectivity index (χ3n) is 4.00. The zero-order valence-electron chi connectivity index (χ0n) is 15.4. The van der Waals surface area contributed by atoms with Crippen LogP contribution >= 0.6 is 0 Å². The van der Waals surface area contributed by atoms with Gasteiger partial charge in [-0.2, -0.15) is 0 Å². The predicted molar refractivity (Wildman–Crippen MR) is 107 cm³/mol. The largest absolute Gasteiger partial charge is 0.491 e. The van der Waals surface area contributed by atoms with E-state index >= 15 is 0 Å². The van der Waals surface area contributed by atoms with Crippen LogP contribution in [-0.4, -0.2) is 12.5 Å². The van der Waals surface area contributed by atoms with Gasteiger partial charge in [-0.3, -0.25) is 4.79 Å². The second-order valence-corrected chi connectivity index (χ2v) is 6.06. The van der Waals surface area contributed by atoms with E-state index in [-0.39, 0.29) is 5.91 Å². The number of carbonyl (C=O) groups excluding carboxylic acids is 1. The molecule has 4 heteroatoms. The van der Waals surface area contributed by atoms with Crippen molar-refractivity contribution in [3.8, 4) is 11.5 Å². The highest BCUT2D eigenvalue weighted by Crippen LogP contribution is 2.25. The summed E-state index contributed by atoms with van der Waals surface area (Å²) in [5.41, 5.74) is 2.07. The Morgan fingerprint density at radius 3 is 2.37 bits per heavy atom. The quantitative estimate of drug-likeness (QED) is 0.592. The van der Waals surface area contributed by atoms with E-state index in [1.165, 1.54) is 0 Å². The van der Waals surface area contributed by atoms with Crippen LogP contribution < -0.4 is 14.8 Å². The summed E-state index contributed by atoms with van der Waals surface area (Å²) < 4.78 is 11.5. The number of hydrogen-bond donors (Lipinski definition) is 1. The van der Waals surface area contributed by atoms with Crippen LogP contribution in [0.2, 0.25) is 0 Å². The molecular formula is C23H23NO3. The van der Waals surface area contributed by atoms with Gasteiger partial charge in [0, 0.05) is 11.1 Å². The topological polar surface area (TPSA) is 47.6 Å². The molecule has 0 heterocycles. The van der Waals surface area contributed by atoms with Gasteiger partial charge in [0.2, 0.25) is 0 Å². The van der Waals surface area contributed by atoms with Crippen molar-refractivity contribution in [2.24, 2.45) is 0 Å². The lowest BCUT2D eigenvalue weighted by molar-refractivity contribution is 0.102. The lowest BCUT2D eigenvalue weighted by atomic mass is 10.1. The van der Waals surface area contributed by atoms with Crippen molar-refractivity contribution in [1.82, 2.24) is 0 Å². The van der Waals surface area contributed by atoms with E-state index in [0.717, 1.165) is 17.7 Å². The van der Waals surface area contributed by atoms with Gasteiger partial charge in [-0.15, -0.1) is 0 Å². The molecule has 0 aliphatic carbocycles. The van der Waals surface area contributed by atoms with E-state index in [9.17, 15) is 4.79 Å². The molecule has 0 saturated heterocycles. The minimum Gasteiger partial charge on any atom is -0.491 e. The summed E-state index contributed by atoms with van der Waals surface area (Å²) in [5, 5.41) is 2.95. The van der Waals surface area contributed by atoms with E-state index in [0.29, 0.717) is 30.2 Å². The van der Waals surface area contributed by atoms with Crippen LogP contribution in [0.25, 0.3) is 0 Å². The highest BCUT2D eigenvalue weighted by atomic mass is 16.5. The highest BCUT2D eigenvalue weighted by Gasteiger charge is 2.14. The Kier molecular flexibility index (Phi) is 6.47. The Hall–Kier alpha value is -3.27. The van der Waals surface area contributed by atoms with Gasteiger partial charge in [0.25, 0.3) is 5.91 Å². The molecule has 0 saturated carbocycles. The summed E-state index contributed by atoms with van der Waals surface area (Å²) >= 11 is 0. The molecule has 27 heavy (non-hydrogen) atoms. The molecule has 0 atom stereocenters. The Morgan fingerprint density at radius 1 is 0.852 bits per heavy atom. The van der Waals surface area contributed by atoms with E-state index in [1.807, 2.05) is 79.7 Å². The molecule has 0 fully saturated rings. The Labute approximate surface area is 159 Å². The van der Waals surface area contributed by atoms with Gasteiger partial charge in [-0.1, -0.05) is 55.5 Å². The number of amides is 1. The maximum atomic E-state index is 12.9. The molecule has 1 N–H and O–H groups in total. The monoisotopic (exact) mass is 361 g/mol. The Balaban J connectivity index is 1.74. The molecule has 0 aliphatic heterocycles. The van der Waals surface area contributed by atoms with Gasteiger partial charge in [0.05, 0.1) is 12.3 Å². The summed E-state index contributed by atoms with van der Waals surface area (Å²) in [4.78, 5) is 12.9. The second-order valence-electron chi connectivity index (χ2n) is 6.06. The lowest BCUT2D eigenvalue weighted by Crippen LogP contribution is -2.16. The number of ether oxygens (including phenoxy) is 2. The Bertz CT molecular complexity index is 878. The molecule has 0 radical (unpaired) electrons. The SMILES string of the molecule is CCCOc1ccccc1NC(=O)c1ccccc1COc1ccccc1. The van der Waals surface area contributed by atoms with Crippen LogP contribution in [0.1, 0.15) is 29.3 Å². The van der Waals surface area contributed by atoms with Gasteiger partial charge >= 0.3 is 0 Å². The first-order valence-corrected chi connectivity index (χ1v) is 9.07. The smallest absolute Gasteiger partial charge is 0.256 e. The molecule has 3 aromatic carbocycles. The van der Waals surface area contributed by atoms with Gasteiger partial charge < -0.3 is 14.8 Å². The highest BCUT2D eigenvalue weighted by molar-refractivity contribution is 6.06. The minimum absolute atomic E-state index is 0.185. The fourth-order valence-corrected chi connectivity index (χ4v) is 2.64. The average molecular weight is 361 g/mol. The summed E-state index contributed by atoms with van der Waals surface area (Å²) in [5.74, 6) is 1.26. The van der Waals surface area contributed by atoms with Gasteiger partial charge in [0.1, 0.15) is 18.1 Å². The standard InChI is InChI=1S/C23H23NO3/c1-2-16-26-22-15-9-8-14-21(22)24-23(25)20-13-7-6-10-18(20)17-27-19-11-4-3-5-12-19/h3-15H,2,16-17H2,1H3,(H,24,25). The number of nitrogens with one attached hydrogen (secondary N) is 1. The zero-order valence-corrected chi connectivity index (χ0v) is 15.4. The number of rotatable bonds is 8. The van der Waals surface area contributed by atoms with Gasteiger partial charge in [-0.25, -0.2) is 0 Å². The molecular weight excluding hydrogens is 338 g/mol. The second kappa shape index (κ2) is 9.43. The molecule has 0 bridgehead atoms. The van der Waals surface area contributed by atoms with Crippen molar-refractivity contribution in [3.63, 3.8) is 0 Å². The minimum atomic E-state index is -0.185. The molecule has 3 rings (SSSR count). The van der Waals surface area contributed by atoms with Gasteiger partial charge in [0.15, 0.2) is 0 Å². The number of para-hydroxylation sites is 3. The number of benzene rings is 3. The summed E-state index contributed by atoms with van der Waals surface area (Å²) in [7, 11) is 0. The van der Waals surface area contributed by atoms with E-state index in [1.54, 1.807) is 6.07 Å². The van der Waals surface area contributed by atoms with Crippen molar-refractivity contribution in [3.05, 3.63) is 90.0 Å². The summed E-state index contributed by atoms with van der Waals surface area (Å²) in [6.45, 7) is 2.97. The fourth-order valence-electron chi connectivity index (χ4n) is 2.64. The van der Waals surface area contributed by atoms with Crippen LogP contribution in [-0.2, 0) is 6.61 Å². The zero-order chi connectivity index (χ0) is 18.9. The fraction of sp³-hybridized carbons (Fsp3) is 0.174. The first-order valence-electron chi connectivity index (χ1n) is 9.07. The number of anilines is 1. The number of hydrogen-bond acceptors (Lipinski definition) is 3. The average Bonchev–Trinajstić information content (AvgIpc) is 2.72. The van der Waals surface area contributed by atoms with Gasteiger partial charge in [-0.05, 0) is 36.8 Å². The maximum Gasteiger partial charge on any atom is 0.256 e. The first kappa shape index (κ1) is 18.5. The summed E-state index contributed by atoms with van der Waals surface area (Å²) in [6.07, 6.45) is 0.905. The molecule has 0 aliphatic rings. The van der Waals surface area contributed by atoms with Crippen molar-refractivity contribution in [1.29, 1.82) is 0 Å². The van der Waals surface area contributed by atoms with E-state index in [2.05, 4.69) is 5.32 Å². The van der Waals surface area contributed by atoms with E-state index < -0.39 is 0 Å². The van der Waals surface area contributed by atoms with Crippen LogP contribution in [0.5, 0.6) is 11.5 Å². The predicted octanol–water partition coefficient (Wildman–Crippen LogP) is 5.31.